The Bertz CT molecular complexity index is 1010. The number of ether oxygens (including phenoxy) is 3. The van der Waals surface area contributed by atoms with Gasteiger partial charge in [0.2, 0.25) is 0 Å². The molecule has 2 aromatic rings. The number of nitrogens with one attached hydrogen (secondary N) is 1. The molecule has 1 amide bonds. The van der Waals surface area contributed by atoms with Crippen LogP contribution in [0.4, 0.5) is 5.69 Å². The average Bonchev–Trinajstić information content (AvgIpc) is 3.14. The van der Waals surface area contributed by atoms with Gasteiger partial charge in [0.25, 0.3) is 11.7 Å². The van der Waals surface area contributed by atoms with Crippen LogP contribution in [-0.2, 0) is 22.4 Å². The third kappa shape index (κ3) is 4.24. The fraction of sp³-hybridized carbons (Fsp3) is 0.440. The molecule has 1 fully saturated rings. The fourth-order valence-corrected chi connectivity index (χ4v) is 4.74. The summed E-state index contributed by atoms with van der Waals surface area (Å²) in [6.07, 6.45) is 9.52. The van der Waals surface area contributed by atoms with E-state index in [-0.39, 0.29) is 6.61 Å². The molecule has 0 aromatic heterocycles. The lowest BCUT2D eigenvalue weighted by molar-refractivity contribution is -0.119. The van der Waals surface area contributed by atoms with Gasteiger partial charge in [-0.2, -0.15) is 0 Å². The van der Waals surface area contributed by atoms with E-state index in [2.05, 4.69) is 5.32 Å². The minimum absolute atomic E-state index is 0.339. The number of carbonyl (C=O) groups is 2. The van der Waals surface area contributed by atoms with Gasteiger partial charge in [0.1, 0.15) is 0 Å². The first-order valence-corrected chi connectivity index (χ1v) is 11.2. The lowest BCUT2D eigenvalue weighted by Gasteiger charge is -2.31. The summed E-state index contributed by atoms with van der Waals surface area (Å²) in [6.45, 7) is -0.339. The van der Waals surface area contributed by atoms with Gasteiger partial charge in [0.15, 0.2) is 18.1 Å². The van der Waals surface area contributed by atoms with Crippen molar-refractivity contribution in [1.82, 2.24) is 0 Å². The number of hydrogen-bond donors (Lipinski definition) is 1. The Morgan fingerprint density at radius 3 is 2.48 bits per heavy atom. The largest absolute Gasteiger partial charge is 0.452 e. The molecule has 1 heterocycles. The van der Waals surface area contributed by atoms with E-state index < -0.39 is 17.7 Å². The highest BCUT2D eigenvalue weighted by Gasteiger charge is 2.42. The SMILES string of the molecule is O=C(COC(=O)c1ccc2c(c1)CCCC2)Nc1ccc2c(c1)OC1(CCCCC1)O2. The van der Waals surface area contributed by atoms with Crippen LogP contribution in [0, 0.1) is 0 Å². The number of anilines is 1. The maximum atomic E-state index is 12.4. The maximum absolute atomic E-state index is 12.4. The normalized spacial score (nSPS) is 18.3. The van der Waals surface area contributed by atoms with Gasteiger partial charge < -0.3 is 19.5 Å². The molecule has 6 nitrogen and oxygen atoms in total. The molecule has 1 aliphatic heterocycles. The Morgan fingerprint density at radius 1 is 0.871 bits per heavy atom. The van der Waals surface area contributed by atoms with Crippen molar-refractivity contribution in [2.45, 2.75) is 63.6 Å². The third-order valence-electron chi connectivity index (χ3n) is 6.35. The van der Waals surface area contributed by atoms with Crippen LogP contribution in [-0.4, -0.2) is 24.3 Å². The van der Waals surface area contributed by atoms with Crippen molar-refractivity contribution in [3.05, 3.63) is 53.1 Å². The molecule has 0 bridgehead atoms. The van der Waals surface area contributed by atoms with E-state index in [0.29, 0.717) is 22.7 Å². The molecular formula is C25H27NO5. The van der Waals surface area contributed by atoms with Crippen LogP contribution in [0.3, 0.4) is 0 Å². The van der Waals surface area contributed by atoms with Gasteiger partial charge in [0, 0.05) is 24.6 Å². The molecule has 0 saturated heterocycles. The summed E-state index contributed by atoms with van der Waals surface area (Å²) in [5.41, 5.74) is 3.60. The van der Waals surface area contributed by atoms with Crippen LogP contribution in [0.5, 0.6) is 11.5 Å². The van der Waals surface area contributed by atoms with E-state index in [1.54, 1.807) is 18.2 Å². The molecule has 31 heavy (non-hydrogen) atoms. The summed E-state index contributed by atoms with van der Waals surface area (Å²) in [7, 11) is 0. The average molecular weight is 421 g/mol. The Kier molecular flexibility index (Phi) is 5.30. The van der Waals surface area contributed by atoms with E-state index in [1.807, 2.05) is 18.2 Å². The van der Waals surface area contributed by atoms with Crippen LogP contribution >= 0.6 is 0 Å². The van der Waals surface area contributed by atoms with E-state index in [0.717, 1.165) is 44.9 Å². The first-order valence-electron chi connectivity index (χ1n) is 11.2. The van der Waals surface area contributed by atoms with Gasteiger partial charge in [-0.3, -0.25) is 4.79 Å². The lowest BCUT2D eigenvalue weighted by Crippen LogP contribution is -2.40. The summed E-state index contributed by atoms with van der Waals surface area (Å²) in [6, 6.07) is 11.0. The quantitative estimate of drug-likeness (QED) is 0.719. The van der Waals surface area contributed by atoms with Gasteiger partial charge in [-0.25, -0.2) is 4.79 Å². The van der Waals surface area contributed by atoms with Crippen molar-refractivity contribution in [2.75, 3.05) is 11.9 Å². The van der Waals surface area contributed by atoms with Crippen molar-refractivity contribution >= 4 is 17.6 Å². The number of hydrogen-bond acceptors (Lipinski definition) is 5. The Balaban J connectivity index is 1.16. The van der Waals surface area contributed by atoms with Crippen molar-refractivity contribution < 1.29 is 23.8 Å². The maximum Gasteiger partial charge on any atom is 0.338 e. The highest BCUT2D eigenvalue weighted by atomic mass is 16.7. The van der Waals surface area contributed by atoms with Crippen molar-refractivity contribution in [3.63, 3.8) is 0 Å². The molecule has 0 radical (unpaired) electrons. The topological polar surface area (TPSA) is 73.9 Å². The number of esters is 1. The van der Waals surface area contributed by atoms with Crippen LogP contribution in [0.2, 0.25) is 0 Å². The zero-order valence-electron chi connectivity index (χ0n) is 17.6. The standard InChI is InChI=1S/C25H27NO5/c27-23(16-29-24(28)19-9-8-17-6-2-3-7-18(17)14-19)26-20-10-11-21-22(15-20)31-25(30-21)12-4-1-5-13-25/h8-11,14-15H,1-7,12-13,16H2,(H,26,27). The molecule has 2 aromatic carbocycles. The zero-order valence-corrected chi connectivity index (χ0v) is 17.6. The second-order valence-corrected chi connectivity index (χ2v) is 8.65. The Labute approximate surface area is 181 Å². The lowest BCUT2D eigenvalue weighted by atomic mass is 9.90. The molecule has 5 rings (SSSR count). The Morgan fingerprint density at radius 2 is 1.65 bits per heavy atom. The summed E-state index contributed by atoms with van der Waals surface area (Å²) >= 11 is 0. The number of fused-ring (bicyclic) bond motifs is 2. The molecule has 1 spiro atoms. The number of amides is 1. The van der Waals surface area contributed by atoms with Crippen LogP contribution in [0.25, 0.3) is 0 Å². The number of aryl methyl sites for hydroxylation is 2. The van der Waals surface area contributed by atoms with Gasteiger partial charge in [-0.15, -0.1) is 0 Å². The predicted octanol–water partition coefficient (Wildman–Crippen LogP) is 4.79. The van der Waals surface area contributed by atoms with E-state index in [1.165, 1.54) is 24.0 Å². The van der Waals surface area contributed by atoms with Crippen LogP contribution in [0.15, 0.2) is 36.4 Å². The molecule has 6 heteroatoms. The number of rotatable bonds is 4. The Hall–Kier alpha value is -3.02. The van der Waals surface area contributed by atoms with E-state index >= 15 is 0 Å². The second-order valence-electron chi connectivity index (χ2n) is 8.65. The summed E-state index contributed by atoms with van der Waals surface area (Å²) < 4.78 is 17.4. The monoisotopic (exact) mass is 421 g/mol. The van der Waals surface area contributed by atoms with E-state index in [4.69, 9.17) is 14.2 Å². The molecule has 1 N–H and O–H groups in total. The predicted molar refractivity (Wildman–Crippen MR) is 116 cm³/mol. The van der Waals surface area contributed by atoms with Crippen molar-refractivity contribution in [1.29, 1.82) is 0 Å². The first kappa shape index (κ1) is 19.9. The first-order chi connectivity index (χ1) is 15.1. The summed E-state index contributed by atoms with van der Waals surface area (Å²) in [5, 5.41) is 2.77. The third-order valence-corrected chi connectivity index (χ3v) is 6.35. The molecule has 0 unspecified atom stereocenters. The molecule has 0 atom stereocenters. The smallest absolute Gasteiger partial charge is 0.338 e. The number of carbonyl (C=O) groups excluding carboxylic acids is 2. The highest BCUT2D eigenvalue weighted by Crippen LogP contribution is 2.46. The minimum Gasteiger partial charge on any atom is -0.452 e. The molecular weight excluding hydrogens is 394 g/mol. The van der Waals surface area contributed by atoms with Crippen LogP contribution < -0.4 is 14.8 Å². The second kappa shape index (κ2) is 8.25. The van der Waals surface area contributed by atoms with Crippen molar-refractivity contribution in [3.8, 4) is 11.5 Å². The summed E-state index contributed by atoms with van der Waals surface area (Å²) in [5.74, 6) is -0.0661. The molecule has 162 valence electrons. The molecule has 3 aliphatic rings. The fourth-order valence-electron chi connectivity index (χ4n) is 4.74. The molecule has 1 saturated carbocycles. The van der Waals surface area contributed by atoms with Gasteiger partial charge in [-0.05, 0) is 73.9 Å². The number of benzene rings is 2. The summed E-state index contributed by atoms with van der Waals surface area (Å²) in [4.78, 5) is 24.7. The van der Waals surface area contributed by atoms with Crippen LogP contribution in [0.1, 0.15) is 66.4 Å². The molecule has 2 aliphatic carbocycles. The highest BCUT2D eigenvalue weighted by molar-refractivity contribution is 5.95. The minimum atomic E-state index is -0.548. The van der Waals surface area contributed by atoms with E-state index in [9.17, 15) is 9.59 Å². The van der Waals surface area contributed by atoms with Gasteiger partial charge in [0.05, 0.1) is 5.56 Å². The zero-order chi connectivity index (χ0) is 21.3. The van der Waals surface area contributed by atoms with Crippen molar-refractivity contribution in [2.24, 2.45) is 0 Å². The van der Waals surface area contributed by atoms with Gasteiger partial charge >= 0.3 is 5.97 Å². The van der Waals surface area contributed by atoms with Gasteiger partial charge in [-0.1, -0.05) is 12.5 Å².